The van der Waals surface area contributed by atoms with Gasteiger partial charge in [-0.3, -0.25) is 9.59 Å². The van der Waals surface area contributed by atoms with Crippen LogP contribution in [0.25, 0.3) is 0 Å². The van der Waals surface area contributed by atoms with Crippen molar-refractivity contribution in [3.63, 3.8) is 0 Å². The summed E-state index contributed by atoms with van der Waals surface area (Å²) in [5.74, 6) is -11.7. The average molecular weight is 256 g/mol. The highest BCUT2D eigenvalue weighted by Gasteiger charge is 3.10. The molecule has 3 saturated carbocycles. The normalized spacial score (nSPS) is 39.6. The van der Waals surface area contributed by atoms with Crippen molar-refractivity contribution in [2.75, 3.05) is 14.2 Å². The van der Waals surface area contributed by atoms with Crippen molar-refractivity contribution >= 4 is 11.9 Å². The predicted molar refractivity (Wildman–Crippen MR) is 43.4 cm³/mol. The van der Waals surface area contributed by atoms with Crippen molar-refractivity contribution in [1.82, 2.24) is 0 Å². The molecule has 0 saturated heterocycles. The van der Waals surface area contributed by atoms with Crippen LogP contribution in [0.3, 0.4) is 0 Å². The van der Waals surface area contributed by atoms with Gasteiger partial charge in [-0.15, -0.1) is 0 Å². The van der Waals surface area contributed by atoms with Crippen LogP contribution in [0, 0.1) is 10.8 Å². The Hall–Kier alpha value is -1.34. The minimum atomic E-state index is -4.15. The quantitative estimate of drug-likeness (QED) is 0.546. The number of carbonyl (C=O) groups is 2. The summed E-state index contributed by atoms with van der Waals surface area (Å²) in [5, 5.41) is 0. The van der Waals surface area contributed by atoms with Gasteiger partial charge >= 0.3 is 11.9 Å². The number of hydrogen-bond acceptors (Lipinski definition) is 4. The van der Waals surface area contributed by atoms with Gasteiger partial charge in [-0.2, -0.15) is 0 Å². The molecule has 17 heavy (non-hydrogen) atoms. The SMILES string of the molecule is COC(=O)C12CC(C(=O)OC)(C1(F)F)C2(F)F. The van der Waals surface area contributed by atoms with Crippen molar-refractivity contribution < 1.29 is 36.6 Å². The molecule has 3 aliphatic rings. The largest absolute Gasteiger partial charge is 0.468 e. The van der Waals surface area contributed by atoms with Crippen LogP contribution in [-0.2, 0) is 19.1 Å². The lowest BCUT2D eigenvalue weighted by atomic mass is 9.29. The molecule has 0 atom stereocenters. The summed E-state index contributed by atoms with van der Waals surface area (Å²) in [7, 11) is 1.47. The Labute approximate surface area is 92.9 Å². The molecule has 2 bridgehead atoms. The van der Waals surface area contributed by atoms with Gasteiger partial charge in [0.05, 0.1) is 14.2 Å². The zero-order valence-corrected chi connectivity index (χ0v) is 8.85. The van der Waals surface area contributed by atoms with Crippen molar-refractivity contribution in [3.8, 4) is 0 Å². The van der Waals surface area contributed by atoms with E-state index in [4.69, 9.17) is 0 Å². The fourth-order valence-electron chi connectivity index (χ4n) is 2.69. The average Bonchev–Trinajstić information content (AvgIpc) is 2.26. The Balaban J connectivity index is 2.48. The lowest BCUT2D eigenvalue weighted by Gasteiger charge is -2.74. The number of alkyl halides is 4. The van der Waals surface area contributed by atoms with Crippen LogP contribution in [0.2, 0.25) is 0 Å². The molecule has 0 radical (unpaired) electrons. The van der Waals surface area contributed by atoms with E-state index in [1.807, 2.05) is 0 Å². The molecule has 3 rings (SSSR count). The molecule has 96 valence electrons. The molecule has 0 unspecified atom stereocenters. The molecule has 4 nitrogen and oxygen atoms in total. The predicted octanol–water partition coefficient (Wildman–Crippen LogP) is 0.993. The van der Waals surface area contributed by atoms with Crippen molar-refractivity contribution in [1.29, 1.82) is 0 Å². The van der Waals surface area contributed by atoms with Crippen molar-refractivity contribution in [3.05, 3.63) is 0 Å². The third-order valence-corrected chi connectivity index (χ3v) is 3.74. The van der Waals surface area contributed by atoms with Crippen LogP contribution in [0.1, 0.15) is 6.42 Å². The summed E-state index contributed by atoms with van der Waals surface area (Å²) in [6.07, 6.45) is -0.959. The van der Waals surface area contributed by atoms with E-state index in [2.05, 4.69) is 9.47 Å². The lowest BCUT2D eigenvalue weighted by molar-refractivity contribution is -0.502. The maximum atomic E-state index is 13.6. The molecule has 0 aromatic rings. The molecule has 3 aliphatic carbocycles. The number of carbonyl (C=O) groups excluding carboxylic acids is 2. The first kappa shape index (κ1) is 12.1. The first-order valence-electron chi connectivity index (χ1n) is 4.60. The number of esters is 2. The summed E-state index contributed by atoms with van der Waals surface area (Å²) in [6, 6.07) is 0. The second-order valence-electron chi connectivity index (χ2n) is 4.12. The number of methoxy groups -OCH3 is 2. The molecule has 0 aromatic heterocycles. The number of rotatable bonds is 2. The van der Waals surface area contributed by atoms with Gasteiger partial charge < -0.3 is 9.47 Å². The molecule has 0 aliphatic heterocycles. The van der Waals surface area contributed by atoms with Crippen LogP contribution in [0.4, 0.5) is 17.6 Å². The lowest BCUT2D eigenvalue weighted by Crippen LogP contribution is -2.96. The third-order valence-electron chi connectivity index (χ3n) is 3.74. The van der Waals surface area contributed by atoms with Gasteiger partial charge in [0.2, 0.25) is 0 Å². The summed E-state index contributed by atoms with van der Waals surface area (Å²) < 4.78 is 62.3. The first-order chi connectivity index (χ1) is 7.67. The Morgan fingerprint density at radius 2 is 1.18 bits per heavy atom. The van der Waals surface area contributed by atoms with E-state index in [-0.39, 0.29) is 0 Å². The third kappa shape index (κ3) is 0.732. The van der Waals surface area contributed by atoms with E-state index in [9.17, 15) is 27.2 Å². The Kier molecular flexibility index (Phi) is 1.95. The molecule has 8 heteroatoms. The molecule has 3 fully saturated rings. The molecule has 0 N–H and O–H groups in total. The fourth-order valence-corrected chi connectivity index (χ4v) is 2.69. The molecular formula is C9H8F4O4. The second-order valence-corrected chi connectivity index (χ2v) is 4.12. The maximum Gasteiger partial charge on any atom is 0.324 e. The minimum Gasteiger partial charge on any atom is -0.468 e. The van der Waals surface area contributed by atoms with Crippen LogP contribution in [0.5, 0.6) is 0 Å². The first-order valence-corrected chi connectivity index (χ1v) is 4.60. The van der Waals surface area contributed by atoms with Crippen LogP contribution in [0.15, 0.2) is 0 Å². The topological polar surface area (TPSA) is 52.6 Å². The Morgan fingerprint density at radius 3 is 1.35 bits per heavy atom. The molecule has 0 heterocycles. The maximum absolute atomic E-state index is 13.6. The highest BCUT2D eigenvalue weighted by molar-refractivity contribution is 5.97. The zero-order chi connectivity index (χ0) is 13.3. The highest BCUT2D eigenvalue weighted by atomic mass is 19.3. The van der Waals surface area contributed by atoms with Crippen LogP contribution in [-0.4, -0.2) is 38.0 Å². The van der Waals surface area contributed by atoms with Gasteiger partial charge in [0.25, 0.3) is 11.8 Å². The summed E-state index contributed by atoms with van der Waals surface area (Å²) in [4.78, 5) is 22.2. The van der Waals surface area contributed by atoms with Crippen molar-refractivity contribution in [2.45, 2.75) is 18.3 Å². The van der Waals surface area contributed by atoms with E-state index in [1.165, 1.54) is 0 Å². The molecule has 0 amide bonds. The van der Waals surface area contributed by atoms with Gasteiger partial charge in [-0.05, 0) is 0 Å². The van der Waals surface area contributed by atoms with Gasteiger partial charge in [0.15, 0.2) is 10.8 Å². The highest BCUT2D eigenvalue weighted by Crippen LogP contribution is 2.88. The van der Waals surface area contributed by atoms with E-state index in [1.54, 1.807) is 0 Å². The number of hydrogen-bond donors (Lipinski definition) is 0. The van der Waals surface area contributed by atoms with E-state index < -0.39 is 41.0 Å². The van der Waals surface area contributed by atoms with Gasteiger partial charge in [-0.25, -0.2) is 17.6 Å². The number of ether oxygens (including phenoxy) is 2. The molecule has 0 spiro atoms. The smallest absolute Gasteiger partial charge is 0.324 e. The zero-order valence-electron chi connectivity index (χ0n) is 8.85. The van der Waals surface area contributed by atoms with Crippen LogP contribution >= 0.6 is 0 Å². The van der Waals surface area contributed by atoms with E-state index >= 15 is 0 Å². The summed E-state index contributed by atoms with van der Waals surface area (Å²) in [5.41, 5.74) is -6.44. The Morgan fingerprint density at radius 1 is 0.882 bits per heavy atom. The van der Waals surface area contributed by atoms with Crippen LogP contribution < -0.4 is 0 Å². The fraction of sp³-hybridized carbons (Fsp3) is 0.778. The standard InChI is InChI=1S/C9H8F4O4/c1-16-4(14)6-3-7(5(15)17-2,8(6,10)11)9(6,12)13/h3H2,1-2H3. The summed E-state index contributed by atoms with van der Waals surface area (Å²) in [6.45, 7) is 0. The minimum absolute atomic E-state index is 0.736. The second kappa shape index (κ2) is 2.73. The van der Waals surface area contributed by atoms with Crippen molar-refractivity contribution in [2.24, 2.45) is 10.8 Å². The summed E-state index contributed by atoms with van der Waals surface area (Å²) >= 11 is 0. The van der Waals surface area contributed by atoms with Gasteiger partial charge in [-0.1, -0.05) is 0 Å². The molecular weight excluding hydrogens is 248 g/mol. The molecule has 0 aromatic carbocycles. The van der Waals surface area contributed by atoms with Gasteiger partial charge in [0.1, 0.15) is 0 Å². The van der Waals surface area contributed by atoms with Gasteiger partial charge in [0, 0.05) is 6.42 Å². The van der Waals surface area contributed by atoms with E-state index in [0.717, 1.165) is 14.2 Å². The monoisotopic (exact) mass is 256 g/mol. The Bertz CT molecular complexity index is 367. The van der Waals surface area contributed by atoms with E-state index in [0.29, 0.717) is 0 Å². The number of halogens is 4.